The van der Waals surface area contributed by atoms with Gasteiger partial charge < -0.3 is 20.4 Å². The molecule has 4 atom stereocenters. The first kappa shape index (κ1) is 30.3. The molecule has 4 unspecified atom stereocenters. The molecule has 0 aliphatic carbocycles. The van der Waals surface area contributed by atoms with Gasteiger partial charge in [0.25, 0.3) is 5.91 Å². The highest BCUT2D eigenvalue weighted by molar-refractivity contribution is 5.89. The minimum absolute atomic E-state index is 0.0469. The number of unbranched alkanes of at least 4 members (excludes halogenated alkanes) is 8. The molecule has 3 N–H and O–H groups in total. The van der Waals surface area contributed by atoms with Crippen LogP contribution < -0.4 is 5.73 Å². The van der Waals surface area contributed by atoms with E-state index in [1.165, 1.54) is 45.4 Å². The number of carbonyl (C=O) groups is 3. The van der Waals surface area contributed by atoms with Crippen LogP contribution in [0.2, 0.25) is 0 Å². The van der Waals surface area contributed by atoms with Crippen LogP contribution in [0.25, 0.3) is 0 Å². The predicted octanol–water partition coefficient (Wildman–Crippen LogP) is 5.25. The fraction of sp³-hybridized carbons (Fsp3) is 0.808. The summed E-state index contributed by atoms with van der Waals surface area (Å²) < 4.78 is 5.38. The molecule has 0 aromatic rings. The van der Waals surface area contributed by atoms with Crippen molar-refractivity contribution in [3.63, 3.8) is 0 Å². The van der Waals surface area contributed by atoms with Crippen LogP contribution in [0.3, 0.4) is 0 Å². The van der Waals surface area contributed by atoms with E-state index in [1.807, 2.05) is 6.92 Å². The topological polar surface area (TPSA) is 107 Å². The zero-order chi connectivity index (χ0) is 24.4. The molecule has 0 rings (SSSR count). The Bertz CT molecular complexity index is 548. The Morgan fingerprint density at radius 1 is 0.969 bits per heavy atom. The second kappa shape index (κ2) is 17.8. The van der Waals surface area contributed by atoms with Crippen LogP contribution in [0.5, 0.6) is 0 Å². The average Bonchev–Trinajstić information content (AvgIpc) is 2.75. The lowest BCUT2D eigenvalue weighted by atomic mass is 9.80. The molecule has 1 amide bonds. The smallest absolute Gasteiger partial charge is 0.331 e. The Labute approximate surface area is 195 Å². The van der Waals surface area contributed by atoms with Crippen molar-refractivity contribution in [1.82, 2.24) is 0 Å². The molecule has 6 nitrogen and oxygen atoms in total. The van der Waals surface area contributed by atoms with E-state index in [-0.39, 0.29) is 18.3 Å². The summed E-state index contributed by atoms with van der Waals surface area (Å²) in [7, 11) is 0. The van der Waals surface area contributed by atoms with Gasteiger partial charge in [-0.05, 0) is 26.2 Å². The highest BCUT2D eigenvalue weighted by Gasteiger charge is 2.46. The molecule has 0 aliphatic rings. The molecular weight excluding hydrogens is 406 g/mol. The summed E-state index contributed by atoms with van der Waals surface area (Å²) in [5, 5.41) is 9.85. The Morgan fingerprint density at radius 2 is 1.47 bits per heavy atom. The molecule has 32 heavy (non-hydrogen) atoms. The monoisotopic (exact) mass is 453 g/mol. The van der Waals surface area contributed by atoms with E-state index >= 15 is 0 Å². The summed E-state index contributed by atoms with van der Waals surface area (Å²) in [6.07, 6.45) is 15.1. The van der Waals surface area contributed by atoms with Crippen LogP contribution in [0.4, 0.5) is 0 Å². The van der Waals surface area contributed by atoms with Crippen LogP contribution in [0.1, 0.15) is 111 Å². The minimum Gasteiger partial charge on any atom is -0.445 e. The molecule has 0 saturated heterocycles. The second-order valence-electron chi connectivity index (χ2n) is 9.28. The van der Waals surface area contributed by atoms with Crippen LogP contribution in [-0.4, -0.2) is 35.0 Å². The van der Waals surface area contributed by atoms with Gasteiger partial charge in [-0.3, -0.25) is 4.79 Å². The van der Waals surface area contributed by atoms with Crippen molar-refractivity contribution < 1.29 is 24.2 Å². The summed E-state index contributed by atoms with van der Waals surface area (Å²) in [6.45, 7) is 8.95. The number of esters is 1. The predicted molar refractivity (Wildman–Crippen MR) is 129 cm³/mol. The highest BCUT2D eigenvalue weighted by atomic mass is 16.6. The van der Waals surface area contributed by atoms with E-state index in [0.717, 1.165) is 50.9 Å². The highest BCUT2D eigenvalue weighted by Crippen LogP contribution is 2.32. The number of rotatable bonds is 21. The summed E-state index contributed by atoms with van der Waals surface area (Å²) in [5.74, 6) is -1.70. The van der Waals surface area contributed by atoms with Gasteiger partial charge in [0, 0.05) is 24.3 Å². The van der Waals surface area contributed by atoms with Crippen molar-refractivity contribution in [2.75, 3.05) is 0 Å². The fourth-order valence-electron chi connectivity index (χ4n) is 4.31. The maximum absolute atomic E-state index is 12.2. The molecule has 0 saturated carbocycles. The molecule has 0 fully saturated rings. The number of nitrogens with two attached hydrogens (primary N) is 1. The lowest BCUT2D eigenvalue weighted by Gasteiger charge is -2.36. The number of aliphatic hydroxyl groups excluding tert-OH is 1. The van der Waals surface area contributed by atoms with E-state index in [9.17, 15) is 19.5 Å². The third-order valence-electron chi connectivity index (χ3n) is 6.34. The third-order valence-corrected chi connectivity index (χ3v) is 6.34. The minimum atomic E-state index is -1.55. The van der Waals surface area contributed by atoms with Gasteiger partial charge in [0.2, 0.25) is 0 Å². The van der Waals surface area contributed by atoms with Crippen LogP contribution in [-0.2, 0) is 19.1 Å². The Hall–Kier alpha value is -1.69. The fourth-order valence-corrected chi connectivity index (χ4v) is 4.31. The average molecular weight is 454 g/mol. The maximum atomic E-state index is 12.2. The van der Waals surface area contributed by atoms with Crippen molar-refractivity contribution in [2.24, 2.45) is 17.6 Å². The zero-order valence-corrected chi connectivity index (χ0v) is 20.7. The number of amides is 1. The second-order valence-corrected chi connectivity index (χ2v) is 9.28. The normalized spacial score (nSPS) is 15.9. The quantitative estimate of drug-likeness (QED) is 0.107. The number of aliphatic hydroxyl groups is 1. The SMILES string of the molecule is C=CC(=O)OC(CC(C)O)(C(N)=O)C(C)CCCCCC(C=O)CCCCCCCCC. The van der Waals surface area contributed by atoms with Crippen molar-refractivity contribution in [2.45, 2.75) is 122 Å². The molecule has 0 bridgehead atoms. The number of primary amides is 1. The number of hydrogen-bond acceptors (Lipinski definition) is 5. The van der Waals surface area contributed by atoms with Crippen LogP contribution in [0.15, 0.2) is 12.7 Å². The van der Waals surface area contributed by atoms with Crippen LogP contribution >= 0.6 is 0 Å². The lowest BCUT2D eigenvalue weighted by Crippen LogP contribution is -2.54. The van der Waals surface area contributed by atoms with E-state index in [0.29, 0.717) is 6.42 Å². The summed E-state index contributed by atoms with van der Waals surface area (Å²) >= 11 is 0. The van der Waals surface area contributed by atoms with Gasteiger partial charge in [-0.1, -0.05) is 84.6 Å². The number of carbonyl (C=O) groups excluding carboxylic acids is 3. The lowest BCUT2D eigenvalue weighted by molar-refractivity contribution is -0.173. The standard InChI is InChI=1S/C26H47NO5/c1-5-7-8-9-10-11-14-17-23(20-28)18-15-12-13-16-21(3)26(25(27)31,19-22(4)29)32-24(30)6-2/h6,20-23,29H,2,5,7-19H2,1,3-4H3,(H2,27,31). The van der Waals surface area contributed by atoms with Gasteiger partial charge >= 0.3 is 5.97 Å². The first-order valence-corrected chi connectivity index (χ1v) is 12.5. The van der Waals surface area contributed by atoms with E-state index in [4.69, 9.17) is 10.5 Å². The van der Waals surface area contributed by atoms with Crippen LogP contribution in [0, 0.1) is 11.8 Å². The summed E-state index contributed by atoms with van der Waals surface area (Å²) in [5.41, 5.74) is 4.05. The van der Waals surface area contributed by atoms with Gasteiger partial charge in [-0.15, -0.1) is 0 Å². The molecule has 0 radical (unpaired) electrons. The molecule has 6 heteroatoms. The van der Waals surface area contributed by atoms with E-state index < -0.39 is 23.6 Å². The van der Waals surface area contributed by atoms with E-state index in [1.54, 1.807) is 0 Å². The Balaban J connectivity index is 4.42. The van der Waals surface area contributed by atoms with Gasteiger partial charge in [-0.2, -0.15) is 0 Å². The largest absolute Gasteiger partial charge is 0.445 e. The first-order chi connectivity index (χ1) is 15.2. The van der Waals surface area contributed by atoms with Crippen molar-refractivity contribution in [3.05, 3.63) is 12.7 Å². The number of ether oxygens (including phenoxy) is 1. The molecule has 0 spiro atoms. The zero-order valence-electron chi connectivity index (χ0n) is 20.7. The summed E-state index contributed by atoms with van der Waals surface area (Å²) in [4.78, 5) is 35.4. The molecule has 0 aliphatic heterocycles. The van der Waals surface area contributed by atoms with E-state index in [2.05, 4.69) is 13.5 Å². The Morgan fingerprint density at radius 3 is 1.94 bits per heavy atom. The molecule has 0 aromatic heterocycles. The van der Waals surface area contributed by atoms with Gasteiger partial charge in [-0.25, -0.2) is 4.79 Å². The maximum Gasteiger partial charge on any atom is 0.331 e. The Kier molecular flexibility index (Phi) is 16.9. The van der Waals surface area contributed by atoms with Crippen molar-refractivity contribution in [1.29, 1.82) is 0 Å². The molecule has 0 aromatic carbocycles. The van der Waals surface area contributed by atoms with Crippen molar-refractivity contribution >= 4 is 18.2 Å². The number of aldehydes is 1. The van der Waals surface area contributed by atoms with Gasteiger partial charge in [0.05, 0.1) is 6.10 Å². The molecule has 0 heterocycles. The molecule has 186 valence electrons. The van der Waals surface area contributed by atoms with Gasteiger partial charge in [0.1, 0.15) is 6.29 Å². The molecular formula is C26H47NO5. The number of hydrogen-bond donors (Lipinski definition) is 2. The summed E-state index contributed by atoms with van der Waals surface area (Å²) in [6, 6.07) is 0. The van der Waals surface area contributed by atoms with Crippen molar-refractivity contribution in [3.8, 4) is 0 Å². The third kappa shape index (κ3) is 12.4. The first-order valence-electron chi connectivity index (χ1n) is 12.5. The van der Waals surface area contributed by atoms with Gasteiger partial charge in [0.15, 0.2) is 5.60 Å².